The van der Waals surface area contributed by atoms with Crippen LogP contribution in [0.4, 0.5) is 13.2 Å². The number of hydrogen-bond donors (Lipinski definition) is 1. The molecule has 2 fully saturated rings. The van der Waals surface area contributed by atoms with E-state index in [0.717, 1.165) is 44.8 Å². The number of nitrogens with one attached hydrogen (secondary N) is 1. The maximum Gasteiger partial charge on any atom is 0.393 e. The lowest BCUT2D eigenvalue weighted by atomic mass is 9.80. The molecule has 3 aromatic heterocycles. The summed E-state index contributed by atoms with van der Waals surface area (Å²) in [5, 5.41) is 1.95. The Morgan fingerprint density at radius 2 is 1.88 bits per heavy atom. The van der Waals surface area contributed by atoms with Crippen molar-refractivity contribution in [1.29, 1.82) is 0 Å². The molecule has 1 aliphatic carbocycles. The van der Waals surface area contributed by atoms with Gasteiger partial charge in [0.15, 0.2) is 0 Å². The number of piperidine rings is 1. The number of alkyl halides is 3. The number of rotatable bonds is 4. The van der Waals surface area contributed by atoms with Crippen molar-refractivity contribution in [2.45, 2.75) is 50.6 Å². The quantitative estimate of drug-likeness (QED) is 0.597. The Kier molecular flexibility index (Phi) is 5.80. The molecule has 1 saturated heterocycles. The molecule has 0 aromatic carbocycles. The zero-order chi connectivity index (χ0) is 23.2. The molecule has 1 aliphatic heterocycles. The summed E-state index contributed by atoms with van der Waals surface area (Å²) < 4.78 is 66.2. The van der Waals surface area contributed by atoms with Crippen LogP contribution < -0.4 is 0 Å². The van der Waals surface area contributed by atoms with E-state index < -0.39 is 28.7 Å². The molecule has 1 atom stereocenters. The zero-order valence-electron chi connectivity index (χ0n) is 18.1. The highest BCUT2D eigenvalue weighted by atomic mass is 32.2. The molecule has 0 spiro atoms. The SMILES string of the molecule is O=S(=O)(CC1CCC(c2ncnc3cnc4[nH]ccc4c23)CC1)N1CCCC(C(F)(F)F)C1. The third-order valence-electron chi connectivity index (χ3n) is 7.14. The third-order valence-corrected chi connectivity index (χ3v) is 9.15. The summed E-state index contributed by atoms with van der Waals surface area (Å²) in [6, 6.07) is 1.96. The maximum absolute atomic E-state index is 13.1. The lowest BCUT2D eigenvalue weighted by Crippen LogP contribution is -2.46. The molecule has 7 nitrogen and oxygen atoms in total. The van der Waals surface area contributed by atoms with E-state index in [2.05, 4.69) is 19.9 Å². The van der Waals surface area contributed by atoms with Gasteiger partial charge in [0.2, 0.25) is 10.0 Å². The molecule has 0 bridgehead atoms. The highest BCUT2D eigenvalue weighted by molar-refractivity contribution is 7.89. The van der Waals surface area contributed by atoms with Gasteiger partial charge in [-0.15, -0.1) is 0 Å². The Bertz CT molecular complexity index is 1250. The summed E-state index contributed by atoms with van der Waals surface area (Å²) >= 11 is 0. The van der Waals surface area contributed by atoms with E-state index in [1.807, 2.05) is 12.3 Å². The van der Waals surface area contributed by atoms with E-state index in [-0.39, 0.29) is 37.0 Å². The summed E-state index contributed by atoms with van der Waals surface area (Å²) in [6.07, 6.45) is 3.97. The first kappa shape index (κ1) is 22.5. The van der Waals surface area contributed by atoms with Gasteiger partial charge in [0.05, 0.1) is 29.1 Å². The molecule has 0 radical (unpaired) electrons. The number of hydrogen-bond acceptors (Lipinski definition) is 5. The van der Waals surface area contributed by atoms with Crippen LogP contribution in [-0.2, 0) is 10.0 Å². The molecular formula is C22H26F3N5O2S. The molecule has 5 rings (SSSR count). The molecule has 3 aromatic rings. The number of aromatic amines is 1. The van der Waals surface area contributed by atoms with Crippen molar-refractivity contribution in [1.82, 2.24) is 24.2 Å². The van der Waals surface area contributed by atoms with Crippen LogP contribution in [0, 0.1) is 11.8 Å². The number of halogens is 3. The summed E-state index contributed by atoms with van der Waals surface area (Å²) in [4.78, 5) is 16.4. The van der Waals surface area contributed by atoms with E-state index in [4.69, 9.17) is 0 Å². The van der Waals surface area contributed by atoms with Crippen molar-refractivity contribution in [3.63, 3.8) is 0 Å². The number of nitrogens with zero attached hydrogens (tertiary/aromatic N) is 4. The smallest absolute Gasteiger partial charge is 0.346 e. The molecule has 1 unspecified atom stereocenters. The van der Waals surface area contributed by atoms with Gasteiger partial charge in [-0.05, 0) is 50.5 Å². The van der Waals surface area contributed by atoms with E-state index in [1.165, 1.54) is 0 Å². The molecule has 178 valence electrons. The predicted molar refractivity (Wildman–Crippen MR) is 118 cm³/mol. The maximum atomic E-state index is 13.1. The summed E-state index contributed by atoms with van der Waals surface area (Å²) in [5.41, 5.74) is 2.51. The van der Waals surface area contributed by atoms with Crippen LogP contribution in [0.2, 0.25) is 0 Å². The van der Waals surface area contributed by atoms with E-state index >= 15 is 0 Å². The van der Waals surface area contributed by atoms with Crippen molar-refractivity contribution in [2.24, 2.45) is 11.8 Å². The second-order valence-corrected chi connectivity index (χ2v) is 11.3. The fourth-order valence-electron chi connectivity index (χ4n) is 5.36. The summed E-state index contributed by atoms with van der Waals surface area (Å²) in [5.74, 6) is -1.53. The van der Waals surface area contributed by atoms with Crippen molar-refractivity contribution >= 4 is 32.0 Å². The first-order chi connectivity index (χ1) is 15.7. The van der Waals surface area contributed by atoms with Crippen molar-refractivity contribution in [3.8, 4) is 0 Å². The number of H-pyrrole nitrogens is 1. The van der Waals surface area contributed by atoms with Gasteiger partial charge in [0, 0.05) is 36.0 Å². The van der Waals surface area contributed by atoms with Crippen LogP contribution in [0.25, 0.3) is 21.9 Å². The normalized spacial score (nSPS) is 25.6. The lowest BCUT2D eigenvalue weighted by molar-refractivity contribution is -0.182. The van der Waals surface area contributed by atoms with Crippen molar-refractivity contribution in [3.05, 3.63) is 30.5 Å². The Morgan fingerprint density at radius 3 is 2.64 bits per heavy atom. The van der Waals surface area contributed by atoms with Gasteiger partial charge >= 0.3 is 6.18 Å². The topological polar surface area (TPSA) is 91.8 Å². The highest BCUT2D eigenvalue weighted by Crippen LogP contribution is 2.40. The fraction of sp³-hybridized carbons (Fsp3) is 0.591. The van der Waals surface area contributed by atoms with Gasteiger partial charge in [-0.3, -0.25) is 0 Å². The van der Waals surface area contributed by atoms with Crippen molar-refractivity contribution in [2.75, 3.05) is 18.8 Å². The monoisotopic (exact) mass is 481 g/mol. The molecule has 1 N–H and O–H groups in total. The second kappa shape index (κ2) is 8.50. The highest BCUT2D eigenvalue weighted by Gasteiger charge is 2.44. The summed E-state index contributed by atoms with van der Waals surface area (Å²) in [7, 11) is -3.72. The molecule has 4 heterocycles. The minimum atomic E-state index is -4.35. The average molecular weight is 482 g/mol. The van der Waals surface area contributed by atoms with Gasteiger partial charge in [-0.2, -0.15) is 13.2 Å². The molecule has 11 heteroatoms. The van der Waals surface area contributed by atoms with E-state index in [1.54, 1.807) is 12.5 Å². The minimum Gasteiger partial charge on any atom is -0.346 e. The lowest BCUT2D eigenvalue weighted by Gasteiger charge is -2.35. The fourth-order valence-corrected chi connectivity index (χ4v) is 7.31. The van der Waals surface area contributed by atoms with E-state index in [9.17, 15) is 21.6 Å². The van der Waals surface area contributed by atoms with Crippen LogP contribution in [0.5, 0.6) is 0 Å². The van der Waals surface area contributed by atoms with Crippen LogP contribution in [0.3, 0.4) is 0 Å². The van der Waals surface area contributed by atoms with Gasteiger partial charge in [0.25, 0.3) is 0 Å². The average Bonchev–Trinajstić information content (AvgIpc) is 3.28. The molecule has 2 aliphatic rings. The Morgan fingerprint density at radius 1 is 1.09 bits per heavy atom. The molecular weight excluding hydrogens is 455 g/mol. The van der Waals surface area contributed by atoms with Crippen LogP contribution in [0.15, 0.2) is 24.8 Å². The van der Waals surface area contributed by atoms with Crippen LogP contribution >= 0.6 is 0 Å². The Labute approximate surface area is 189 Å². The van der Waals surface area contributed by atoms with Gasteiger partial charge in [0.1, 0.15) is 12.0 Å². The number of sulfonamides is 1. The van der Waals surface area contributed by atoms with Gasteiger partial charge in [-0.1, -0.05) is 0 Å². The van der Waals surface area contributed by atoms with Crippen LogP contribution in [-0.4, -0.2) is 57.7 Å². The Hall–Kier alpha value is -2.27. The predicted octanol–water partition coefficient (Wildman–Crippen LogP) is 4.38. The van der Waals surface area contributed by atoms with Gasteiger partial charge in [-0.25, -0.2) is 27.7 Å². The number of pyridine rings is 1. The molecule has 33 heavy (non-hydrogen) atoms. The molecule has 1 saturated carbocycles. The van der Waals surface area contributed by atoms with Crippen molar-refractivity contribution < 1.29 is 21.6 Å². The first-order valence-electron chi connectivity index (χ1n) is 11.3. The number of aromatic nitrogens is 4. The second-order valence-electron chi connectivity index (χ2n) is 9.25. The summed E-state index contributed by atoms with van der Waals surface area (Å²) in [6.45, 7) is -0.271. The first-order valence-corrected chi connectivity index (χ1v) is 12.9. The van der Waals surface area contributed by atoms with Crippen LogP contribution in [0.1, 0.15) is 50.1 Å². The standard InChI is InChI=1S/C22H26F3N5O2S/c23-22(24,25)16-2-1-9-30(11-16)33(31,32)12-14-3-5-15(6-4-14)20-19-17-7-8-26-21(17)27-10-18(19)28-13-29-20/h7-8,10,13-16H,1-6,9,11-12H2,(H,26,27). The third kappa shape index (κ3) is 4.44. The largest absolute Gasteiger partial charge is 0.393 e. The van der Waals surface area contributed by atoms with E-state index in [0.29, 0.717) is 12.8 Å². The Balaban J connectivity index is 1.28. The minimum absolute atomic E-state index is 0.00253. The zero-order valence-corrected chi connectivity index (χ0v) is 18.9. The van der Waals surface area contributed by atoms with Gasteiger partial charge < -0.3 is 4.98 Å². The molecule has 0 amide bonds. The number of fused-ring (bicyclic) bond motifs is 3.